The lowest BCUT2D eigenvalue weighted by Crippen LogP contribution is -2.24. The lowest BCUT2D eigenvalue weighted by molar-refractivity contribution is 0.0790. The van der Waals surface area contributed by atoms with Crippen LogP contribution in [-0.4, -0.2) is 66.0 Å². The summed E-state index contributed by atoms with van der Waals surface area (Å²) in [5.41, 5.74) is 0. The van der Waals surface area contributed by atoms with Gasteiger partial charge >= 0.3 is 0 Å². The van der Waals surface area contributed by atoms with Crippen LogP contribution in [-0.2, 0) is 16.0 Å². The lowest BCUT2D eigenvalue weighted by Gasteiger charge is -2.08. The molecule has 0 radical (unpaired) electrons. The Kier molecular flexibility index (Phi) is 9.56. The van der Waals surface area contributed by atoms with E-state index in [1.165, 1.54) is 0 Å². The SMILES string of the molecule is COCCOCCSc1nnnn1CCNCC(C)C. The van der Waals surface area contributed by atoms with Gasteiger partial charge in [-0.05, 0) is 22.9 Å². The van der Waals surface area contributed by atoms with Crippen molar-refractivity contribution in [2.45, 2.75) is 25.5 Å². The molecule has 1 aromatic rings. The summed E-state index contributed by atoms with van der Waals surface area (Å²) in [5.74, 6) is 1.49. The number of methoxy groups -OCH3 is 1. The topological polar surface area (TPSA) is 74.1 Å². The zero-order valence-corrected chi connectivity index (χ0v) is 13.4. The second-order valence-electron chi connectivity index (χ2n) is 4.74. The first-order valence-electron chi connectivity index (χ1n) is 6.90. The Labute approximate surface area is 124 Å². The number of thioether (sulfide) groups is 1. The van der Waals surface area contributed by atoms with Crippen molar-refractivity contribution in [2.75, 3.05) is 45.8 Å². The van der Waals surface area contributed by atoms with Crippen LogP contribution in [0.3, 0.4) is 0 Å². The molecule has 0 aliphatic carbocycles. The molecule has 0 aromatic carbocycles. The van der Waals surface area contributed by atoms with Crippen LogP contribution in [0.2, 0.25) is 0 Å². The number of rotatable bonds is 12. The molecule has 0 unspecified atom stereocenters. The van der Waals surface area contributed by atoms with Crippen LogP contribution in [0.15, 0.2) is 5.16 Å². The molecule has 1 aromatic heterocycles. The van der Waals surface area contributed by atoms with Crippen LogP contribution < -0.4 is 5.32 Å². The van der Waals surface area contributed by atoms with Crippen LogP contribution >= 0.6 is 11.8 Å². The fraction of sp³-hybridized carbons (Fsp3) is 0.917. The molecule has 1 heterocycles. The number of hydrogen-bond acceptors (Lipinski definition) is 7. The molecular formula is C12H25N5O2S. The van der Waals surface area contributed by atoms with Crippen LogP contribution in [0.1, 0.15) is 13.8 Å². The second-order valence-corrected chi connectivity index (χ2v) is 5.80. The molecule has 0 saturated heterocycles. The number of hydrogen-bond donors (Lipinski definition) is 1. The van der Waals surface area contributed by atoms with Gasteiger partial charge in [0.2, 0.25) is 5.16 Å². The first-order valence-corrected chi connectivity index (χ1v) is 7.89. The monoisotopic (exact) mass is 303 g/mol. The average molecular weight is 303 g/mol. The van der Waals surface area contributed by atoms with Crippen molar-refractivity contribution < 1.29 is 9.47 Å². The van der Waals surface area contributed by atoms with E-state index in [9.17, 15) is 0 Å². The van der Waals surface area contributed by atoms with E-state index in [2.05, 4.69) is 34.7 Å². The fourth-order valence-corrected chi connectivity index (χ4v) is 2.21. The Bertz CT molecular complexity index is 348. The number of tetrazole rings is 1. The molecule has 20 heavy (non-hydrogen) atoms. The maximum Gasteiger partial charge on any atom is 0.209 e. The van der Waals surface area contributed by atoms with Crippen molar-refractivity contribution in [3.63, 3.8) is 0 Å². The van der Waals surface area contributed by atoms with Gasteiger partial charge in [-0.1, -0.05) is 25.6 Å². The lowest BCUT2D eigenvalue weighted by atomic mass is 10.2. The summed E-state index contributed by atoms with van der Waals surface area (Å²) in [6.07, 6.45) is 0. The molecular weight excluding hydrogens is 278 g/mol. The fourth-order valence-electron chi connectivity index (χ4n) is 1.45. The van der Waals surface area contributed by atoms with Gasteiger partial charge in [0.15, 0.2) is 0 Å². The molecule has 0 aliphatic heterocycles. The number of nitrogens with one attached hydrogen (secondary N) is 1. The smallest absolute Gasteiger partial charge is 0.209 e. The minimum atomic E-state index is 0.626. The predicted octanol–water partition coefficient (Wildman–Crippen LogP) is 0.674. The van der Waals surface area contributed by atoms with E-state index in [-0.39, 0.29) is 0 Å². The highest BCUT2D eigenvalue weighted by molar-refractivity contribution is 7.99. The molecule has 7 nitrogen and oxygen atoms in total. The van der Waals surface area contributed by atoms with Gasteiger partial charge in [0.05, 0.1) is 26.4 Å². The van der Waals surface area contributed by atoms with E-state index < -0.39 is 0 Å². The second kappa shape index (κ2) is 11.0. The summed E-state index contributed by atoms with van der Waals surface area (Å²) in [4.78, 5) is 0. The maximum atomic E-state index is 5.40. The molecule has 1 N–H and O–H groups in total. The van der Waals surface area contributed by atoms with Gasteiger partial charge < -0.3 is 14.8 Å². The molecule has 8 heteroatoms. The average Bonchev–Trinajstić information content (AvgIpc) is 2.86. The molecule has 0 atom stereocenters. The molecule has 0 saturated carbocycles. The highest BCUT2D eigenvalue weighted by Crippen LogP contribution is 2.12. The molecule has 0 amide bonds. The molecule has 0 bridgehead atoms. The van der Waals surface area contributed by atoms with Gasteiger partial charge in [-0.3, -0.25) is 0 Å². The van der Waals surface area contributed by atoms with E-state index in [1.54, 1.807) is 18.9 Å². The Hall–Kier alpha value is -0.700. The predicted molar refractivity (Wildman–Crippen MR) is 78.9 cm³/mol. The third-order valence-corrected chi connectivity index (χ3v) is 3.36. The third kappa shape index (κ3) is 7.78. The Morgan fingerprint density at radius 2 is 2.15 bits per heavy atom. The van der Waals surface area contributed by atoms with Gasteiger partial charge in [0.25, 0.3) is 0 Å². The van der Waals surface area contributed by atoms with Crippen molar-refractivity contribution in [1.29, 1.82) is 0 Å². The van der Waals surface area contributed by atoms with Crippen molar-refractivity contribution >= 4 is 11.8 Å². The number of nitrogens with zero attached hydrogens (tertiary/aromatic N) is 4. The van der Waals surface area contributed by atoms with Crippen LogP contribution in [0.25, 0.3) is 0 Å². The zero-order valence-electron chi connectivity index (χ0n) is 12.5. The van der Waals surface area contributed by atoms with Crippen molar-refractivity contribution in [3.8, 4) is 0 Å². The van der Waals surface area contributed by atoms with E-state index in [0.717, 1.165) is 30.5 Å². The summed E-state index contributed by atoms with van der Waals surface area (Å²) in [6, 6.07) is 0. The van der Waals surface area contributed by atoms with E-state index in [1.807, 2.05) is 4.68 Å². The summed E-state index contributed by atoms with van der Waals surface area (Å²) in [6.45, 7) is 8.98. The summed E-state index contributed by atoms with van der Waals surface area (Å²) < 4.78 is 12.1. The third-order valence-electron chi connectivity index (χ3n) is 2.44. The standard InChI is InChI=1S/C12H25N5O2S/c1-11(2)10-13-4-5-17-12(14-15-16-17)20-9-8-19-7-6-18-3/h11,13H,4-10H2,1-3H3. The van der Waals surface area contributed by atoms with E-state index in [4.69, 9.17) is 9.47 Å². The maximum absolute atomic E-state index is 5.40. The number of aromatic nitrogens is 4. The Morgan fingerprint density at radius 3 is 2.90 bits per heavy atom. The van der Waals surface area contributed by atoms with Gasteiger partial charge in [-0.15, -0.1) is 5.10 Å². The quantitative estimate of drug-likeness (QED) is 0.449. The Morgan fingerprint density at radius 1 is 1.30 bits per heavy atom. The minimum absolute atomic E-state index is 0.626. The number of ether oxygens (including phenoxy) is 2. The van der Waals surface area contributed by atoms with Crippen molar-refractivity contribution in [1.82, 2.24) is 25.5 Å². The molecule has 0 fully saturated rings. The van der Waals surface area contributed by atoms with Crippen molar-refractivity contribution in [3.05, 3.63) is 0 Å². The van der Waals surface area contributed by atoms with E-state index in [0.29, 0.717) is 25.7 Å². The first-order chi connectivity index (χ1) is 9.74. The Balaban J connectivity index is 2.14. The minimum Gasteiger partial charge on any atom is -0.382 e. The van der Waals surface area contributed by atoms with Gasteiger partial charge in [-0.2, -0.15) is 0 Å². The summed E-state index contributed by atoms with van der Waals surface area (Å²) in [7, 11) is 1.67. The van der Waals surface area contributed by atoms with Crippen molar-refractivity contribution in [2.24, 2.45) is 5.92 Å². The highest BCUT2D eigenvalue weighted by atomic mass is 32.2. The molecule has 0 spiro atoms. The van der Waals surface area contributed by atoms with Gasteiger partial charge in [-0.25, -0.2) is 4.68 Å². The van der Waals surface area contributed by atoms with Gasteiger partial charge in [0.1, 0.15) is 0 Å². The highest BCUT2D eigenvalue weighted by Gasteiger charge is 2.06. The molecule has 116 valence electrons. The van der Waals surface area contributed by atoms with Crippen LogP contribution in [0.5, 0.6) is 0 Å². The molecule has 1 rings (SSSR count). The van der Waals surface area contributed by atoms with Crippen LogP contribution in [0, 0.1) is 5.92 Å². The zero-order chi connectivity index (χ0) is 14.6. The normalized spacial score (nSPS) is 11.4. The largest absolute Gasteiger partial charge is 0.382 e. The molecule has 0 aliphatic rings. The van der Waals surface area contributed by atoms with Gasteiger partial charge in [0, 0.05) is 19.4 Å². The summed E-state index contributed by atoms with van der Waals surface area (Å²) in [5, 5.41) is 15.9. The van der Waals surface area contributed by atoms with Crippen LogP contribution in [0.4, 0.5) is 0 Å². The summed E-state index contributed by atoms with van der Waals surface area (Å²) >= 11 is 1.61. The van der Waals surface area contributed by atoms with E-state index >= 15 is 0 Å². The first kappa shape index (κ1) is 17.4.